The van der Waals surface area contributed by atoms with Gasteiger partial charge in [-0.3, -0.25) is 4.79 Å². The number of carboxylic acid groups (broad SMARTS) is 1. The van der Waals surface area contributed by atoms with Crippen LogP contribution in [0, 0.1) is 0 Å². The van der Waals surface area contributed by atoms with Gasteiger partial charge in [0.25, 0.3) is 5.91 Å². The third-order valence-corrected chi connectivity index (χ3v) is 3.16. The van der Waals surface area contributed by atoms with Crippen molar-refractivity contribution >= 4 is 40.8 Å². The Labute approximate surface area is 124 Å². The number of rotatable bonds is 3. The Kier molecular flexibility index (Phi) is 4.82. The van der Waals surface area contributed by atoms with Crippen LogP contribution in [0.4, 0.5) is 5.69 Å². The third-order valence-electron chi connectivity index (χ3n) is 2.64. The van der Waals surface area contributed by atoms with Gasteiger partial charge >= 0.3 is 5.97 Å². The molecule has 0 bridgehead atoms. The average molecular weight is 320 g/mol. The summed E-state index contributed by atoms with van der Waals surface area (Å²) < 4.78 is 10.3. The van der Waals surface area contributed by atoms with Crippen LogP contribution in [0.25, 0.3) is 0 Å². The van der Waals surface area contributed by atoms with Crippen LogP contribution >= 0.6 is 23.2 Å². The summed E-state index contributed by atoms with van der Waals surface area (Å²) in [5, 5.41) is 11.8. The first-order valence-electron chi connectivity index (χ1n) is 5.71. The van der Waals surface area contributed by atoms with Crippen LogP contribution < -0.4 is 5.32 Å². The Morgan fingerprint density at radius 3 is 2.65 bits per heavy atom. The molecule has 2 N–H and O–H groups in total. The fourth-order valence-corrected chi connectivity index (χ4v) is 2.25. The predicted molar refractivity (Wildman–Crippen MR) is 72.6 cm³/mol. The van der Waals surface area contributed by atoms with Crippen molar-refractivity contribution in [2.45, 2.75) is 6.10 Å². The molecule has 1 amide bonds. The van der Waals surface area contributed by atoms with Gasteiger partial charge in [-0.1, -0.05) is 23.2 Å². The molecule has 1 aliphatic heterocycles. The SMILES string of the molecule is O=C(O)c1cc(Cl)cc(Cl)c1NC(=O)C1COCCO1. The molecule has 1 unspecified atom stereocenters. The zero-order valence-corrected chi connectivity index (χ0v) is 11.7. The summed E-state index contributed by atoms with van der Waals surface area (Å²) in [6.07, 6.45) is -0.794. The maximum Gasteiger partial charge on any atom is 0.337 e. The molecule has 0 aromatic heterocycles. The first-order chi connectivity index (χ1) is 9.49. The van der Waals surface area contributed by atoms with Crippen LogP contribution in [0.5, 0.6) is 0 Å². The van der Waals surface area contributed by atoms with Crippen LogP contribution in [-0.2, 0) is 14.3 Å². The summed E-state index contributed by atoms with van der Waals surface area (Å²) in [5.41, 5.74) is -0.199. The molecule has 6 nitrogen and oxygen atoms in total. The number of halogens is 2. The van der Waals surface area contributed by atoms with Gasteiger partial charge in [-0.15, -0.1) is 0 Å². The quantitative estimate of drug-likeness (QED) is 0.890. The molecule has 2 rings (SSSR count). The van der Waals surface area contributed by atoms with E-state index in [2.05, 4.69) is 5.32 Å². The number of aromatic carboxylic acids is 1. The number of hydrogen-bond acceptors (Lipinski definition) is 4. The number of hydrogen-bond donors (Lipinski definition) is 2. The predicted octanol–water partition coefficient (Wildman–Crippen LogP) is 2.05. The van der Waals surface area contributed by atoms with E-state index in [-0.39, 0.29) is 27.9 Å². The van der Waals surface area contributed by atoms with Gasteiger partial charge in [0.15, 0.2) is 6.10 Å². The lowest BCUT2D eigenvalue weighted by Gasteiger charge is -2.22. The van der Waals surface area contributed by atoms with E-state index >= 15 is 0 Å². The second-order valence-electron chi connectivity index (χ2n) is 4.04. The van der Waals surface area contributed by atoms with Crippen molar-refractivity contribution in [1.82, 2.24) is 0 Å². The molecule has 0 saturated carbocycles. The zero-order valence-electron chi connectivity index (χ0n) is 10.2. The van der Waals surface area contributed by atoms with E-state index < -0.39 is 18.0 Å². The van der Waals surface area contributed by atoms with Crippen molar-refractivity contribution in [3.05, 3.63) is 27.7 Å². The fraction of sp³-hybridized carbons (Fsp3) is 0.333. The monoisotopic (exact) mass is 319 g/mol. The molecule has 1 aromatic carbocycles. The Bertz CT molecular complexity index is 543. The van der Waals surface area contributed by atoms with Gasteiger partial charge in [0, 0.05) is 5.02 Å². The van der Waals surface area contributed by atoms with Gasteiger partial charge in [0.2, 0.25) is 0 Å². The minimum atomic E-state index is -1.24. The number of benzene rings is 1. The average Bonchev–Trinajstić information content (AvgIpc) is 2.42. The smallest absolute Gasteiger partial charge is 0.337 e. The molecule has 8 heteroatoms. The van der Waals surface area contributed by atoms with E-state index in [0.717, 1.165) is 0 Å². The van der Waals surface area contributed by atoms with Crippen LogP contribution in [0.1, 0.15) is 10.4 Å². The zero-order chi connectivity index (χ0) is 14.7. The summed E-state index contributed by atoms with van der Waals surface area (Å²) in [6, 6.07) is 2.56. The Hall–Kier alpha value is -1.34. The molecule has 1 heterocycles. The summed E-state index contributed by atoms with van der Waals surface area (Å²) in [7, 11) is 0. The van der Waals surface area contributed by atoms with E-state index in [0.29, 0.717) is 13.2 Å². The number of nitrogens with one attached hydrogen (secondary N) is 1. The molecule has 0 aliphatic carbocycles. The standard InChI is InChI=1S/C12H11Cl2NO5/c13-6-3-7(12(17)18)10(8(14)4-6)15-11(16)9-5-19-1-2-20-9/h3-4,9H,1-2,5H2,(H,15,16)(H,17,18). The van der Waals surface area contributed by atoms with Crippen molar-refractivity contribution in [3.63, 3.8) is 0 Å². The second kappa shape index (κ2) is 6.41. The van der Waals surface area contributed by atoms with E-state index in [1.807, 2.05) is 0 Å². The maximum absolute atomic E-state index is 12.0. The van der Waals surface area contributed by atoms with Crippen molar-refractivity contribution in [1.29, 1.82) is 0 Å². The largest absolute Gasteiger partial charge is 0.478 e. The second-order valence-corrected chi connectivity index (χ2v) is 4.88. The van der Waals surface area contributed by atoms with Crippen molar-refractivity contribution in [2.24, 2.45) is 0 Å². The maximum atomic E-state index is 12.0. The van der Waals surface area contributed by atoms with Gasteiger partial charge < -0.3 is 19.9 Å². The Balaban J connectivity index is 2.23. The highest BCUT2D eigenvalue weighted by Gasteiger charge is 2.25. The molecule has 0 radical (unpaired) electrons. The number of carboxylic acids is 1. The van der Waals surface area contributed by atoms with Crippen molar-refractivity contribution < 1.29 is 24.2 Å². The van der Waals surface area contributed by atoms with E-state index in [4.69, 9.17) is 37.8 Å². The highest BCUT2D eigenvalue weighted by atomic mass is 35.5. The number of ether oxygens (including phenoxy) is 2. The highest BCUT2D eigenvalue weighted by Crippen LogP contribution is 2.30. The number of carbonyl (C=O) groups is 2. The van der Waals surface area contributed by atoms with Crippen molar-refractivity contribution in [3.8, 4) is 0 Å². The topological polar surface area (TPSA) is 84.9 Å². The van der Waals surface area contributed by atoms with E-state index in [9.17, 15) is 9.59 Å². The number of amides is 1. The van der Waals surface area contributed by atoms with Crippen LogP contribution in [0.15, 0.2) is 12.1 Å². The van der Waals surface area contributed by atoms with Gasteiger partial charge in [0.1, 0.15) is 0 Å². The summed E-state index contributed by atoms with van der Waals surface area (Å²) in [6.45, 7) is 0.837. The summed E-state index contributed by atoms with van der Waals surface area (Å²) in [4.78, 5) is 23.1. The molecule has 0 spiro atoms. The summed E-state index contributed by atoms with van der Waals surface area (Å²) in [5.74, 6) is -1.76. The number of anilines is 1. The molecule has 108 valence electrons. The van der Waals surface area contributed by atoms with Crippen LogP contribution in [0.3, 0.4) is 0 Å². The Morgan fingerprint density at radius 2 is 2.05 bits per heavy atom. The summed E-state index contributed by atoms with van der Waals surface area (Å²) >= 11 is 11.7. The third kappa shape index (κ3) is 3.40. The lowest BCUT2D eigenvalue weighted by Crippen LogP contribution is -2.39. The molecular formula is C12H11Cl2NO5. The molecule has 1 saturated heterocycles. The van der Waals surface area contributed by atoms with Gasteiger partial charge in [-0.25, -0.2) is 4.79 Å². The normalized spacial score (nSPS) is 18.6. The fourth-order valence-electron chi connectivity index (χ4n) is 1.71. The van der Waals surface area contributed by atoms with Crippen LogP contribution in [-0.4, -0.2) is 42.9 Å². The highest BCUT2D eigenvalue weighted by molar-refractivity contribution is 6.37. The van der Waals surface area contributed by atoms with E-state index in [1.54, 1.807) is 0 Å². The first kappa shape index (κ1) is 15.1. The minimum Gasteiger partial charge on any atom is -0.478 e. The Morgan fingerprint density at radius 1 is 1.30 bits per heavy atom. The van der Waals surface area contributed by atoms with Gasteiger partial charge in [0.05, 0.1) is 36.1 Å². The van der Waals surface area contributed by atoms with E-state index in [1.165, 1.54) is 12.1 Å². The lowest BCUT2D eigenvalue weighted by atomic mass is 10.1. The van der Waals surface area contributed by atoms with Gasteiger partial charge in [-0.05, 0) is 12.1 Å². The molecule has 20 heavy (non-hydrogen) atoms. The molecule has 1 aliphatic rings. The molecule has 1 atom stereocenters. The van der Waals surface area contributed by atoms with Gasteiger partial charge in [-0.2, -0.15) is 0 Å². The molecular weight excluding hydrogens is 309 g/mol. The lowest BCUT2D eigenvalue weighted by molar-refractivity contribution is -0.142. The van der Waals surface area contributed by atoms with Crippen LogP contribution in [0.2, 0.25) is 10.0 Å². The number of carbonyl (C=O) groups excluding carboxylic acids is 1. The molecule has 1 aromatic rings. The minimum absolute atomic E-state index is 0.0114. The molecule has 1 fully saturated rings. The first-order valence-corrected chi connectivity index (χ1v) is 6.47. The van der Waals surface area contributed by atoms with Crippen molar-refractivity contribution in [2.75, 3.05) is 25.1 Å².